The minimum absolute atomic E-state index is 0.0497. The molecule has 144 valence electrons. The quantitative estimate of drug-likeness (QED) is 0.657. The van der Waals surface area contributed by atoms with Gasteiger partial charge in [-0.05, 0) is 23.8 Å². The largest absolute Gasteiger partial charge is 0.402 e. The Balaban J connectivity index is 1.51. The van der Waals surface area contributed by atoms with Gasteiger partial charge in [0.05, 0.1) is 0 Å². The van der Waals surface area contributed by atoms with Gasteiger partial charge in [0, 0.05) is 44.5 Å². The van der Waals surface area contributed by atoms with Crippen LogP contribution in [0.1, 0.15) is 12.5 Å². The number of urea groups is 1. The molecule has 1 saturated heterocycles. The highest BCUT2D eigenvalue weighted by molar-refractivity contribution is 6.16. The summed E-state index contributed by atoms with van der Waals surface area (Å²) in [6, 6.07) is 13.7. The van der Waals surface area contributed by atoms with Crippen molar-refractivity contribution in [2.45, 2.75) is 6.92 Å². The smallest absolute Gasteiger partial charge is 0.365 e. The first-order valence-electron chi connectivity index (χ1n) is 9.43. The second-order valence-electron chi connectivity index (χ2n) is 6.71. The Kier molecular flexibility index (Phi) is 4.97. The van der Waals surface area contributed by atoms with Crippen LogP contribution in [0.15, 0.2) is 59.4 Å². The predicted octanol–water partition coefficient (Wildman–Crippen LogP) is 2.33. The summed E-state index contributed by atoms with van der Waals surface area (Å²) < 4.78 is 5.44. The summed E-state index contributed by atoms with van der Waals surface area (Å²) in [6.07, 6.45) is 1.73. The number of ether oxygens (including phenoxy) is 1. The van der Waals surface area contributed by atoms with Gasteiger partial charge in [0.15, 0.2) is 5.70 Å². The SMILES string of the molecule is CCNC(=O)N1CCN(C=C2N=C(c3cccc4ccccc34)OC2=O)CC1. The van der Waals surface area contributed by atoms with E-state index in [9.17, 15) is 9.59 Å². The lowest BCUT2D eigenvalue weighted by Crippen LogP contribution is -2.50. The number of nitrogens with one attached hydrogen (secondary N) is 1. The number of esters is 1. The van der Waals surface area contributed by atoms with Gasteiger partial charge in [-0.25, -0.2) is 14.6 Å². The van der Waals surface area contributed by atoms with Gasteiger partial charge in [-0.2, -0.15) is 0 Å². The highest BCUT2D eigenvalue weighted by Gasteiger charge is 2.27. The zero-order valence-electron chi connectivity index (χ0n) is 15.7. The summed E-state index contributed by atoms with van der Waals surface area (Å²) in [6.45, 7) is 5.01. The van der Waals surface area contributed by atoms with Gasteiger partial charge in [-0.3, -0.25) is 0 Å². The second kappa shape index (κ2) is 7.72. The molecule has 0 atom stereocenters. The van der Waals surface area contributed by atoms with Gasteiger partial charge < -0.3 is 19.9 Å². The molecule has 7 nitrogen and oxygen atoms in total. The van der Waals surface area contributed by atoms with Gasteiger partial charge in [0.25, 0.3) is 0 Å². The van der Waals surface area contributed by atoms with Gasteiger partial charge in [-0.1, -0.05) is 36.4 Å². The highest BCUT2D eigenvalue weighted by atomic mass is 16.6. The maximum Gasteiger partial charge on any atom is 0.365 e. The number of hydrogen-bond acceptors (Lipinski definition) is 5. The van der Waals surface area contributed by atoms with Crippen LogP contribution in [0.25, 0.3) is 10.8 Å². The van der Waals surface area contributed by atoms with Crippen molar-refractivity contribution < 1.29 is 14.3 Å². The number of hydrogen-bond donors (Lipinski definition) is 1. The van der Waals surface area contributed by atoms with Crippen LogP contribution in [-0.2, 0) is 9.53 Å². The number of carbonyl (C=O) groups is 2. The Morgan fingerprint density at radius 3 is 2.68 bits per heavy atom. The Labute approximate surface area is 163 Å². The van der Waals surface area contributed by atoms with Gasteiger partial charge >= 0.3 is 12.0 Å². The van der Waals surface area contributed by atoms with Crippen molar-refractivity contribution in [1.29, 1.82) is 0 Å². The topological polar surface area (TPSA) is 74.2 Å². The van der Waals surface area contributed by atoms with Crippen LogP contribution in [0, 0.1) is 0 Å². The number of carbonyl (C=O) groups excluding carboxylic acids is 2. The van der Waals surface area contributed by atoms with E-state index in [1.54, 1.807) is 11.1 Å². The molecular formula is C21H22N4O3. The number of amides is 2. The van der Waals surface area contributed by atoms with Crippen LogP contribution in [0.3, 0.4) is 0 Å². The molecule has 2 aliphatic rings. The van der Waals surface area contributed by atoms with E-state index in [0.717, 1.165) is 16.3 Å². The molecule has 2 aromatic rings. The lowest BCUT2D eigenvalue weighted by atomic mass is 10.0. The highest BCUT2D eigenvalue weighted by Crippen LogP contribution is 2.24. The molecule has 1 N–H and O–H groups in total. The molecule has 0 aliphatic carbocycles. The molecule has 0 unspecified atom stereocenters. The summed E-state index contributed by atoms with van der Waals surface area (Å²) in [4.78, 5) is 32.4. The molecule has 28 heavy (non-hydrogen) atoms. The first kappa shape index (κ1) is 18.0. The monoisotopic (exact) mass is 378 g/mol. The lowest BCUT2D eigenvalue weighted by molar-refractivity contribution is -0.130. The van der Waals surface area contributed by atoms with E-state index in [4.69, 9.17) is 4.74 Å². The molecule has 4 rings (SSSR count). The Morgan fingerprint density at radius 1 is 1.14 bits per heavy atom. The molecule has 7 heteroatoms. The van der Waals surface area contributed by atoms with Crippen LogP contribution in [0.5, 0.6) is 0 Å². The third-order valence-electron chi connectivity index (χ3n) is 4.87. The third kappa shape index (κ3) is 3.55. The first-order valence-corrected chi connectivity index (χ1v) is 9.43. The van der Waals surface area contributed by atoms with E-state index in [1.807, 2.05) is 54.3 Å². The molecule has 2 aliphatic heterocycles. The van der Waals surface area contributed by atoms with Crippen LogP contribution in [0.4, 0.5) is 4.79 Å². The van der Waals surface area contributed by atoms with E-state index in [0.29, 0.717) is 38.6 Å². The lowest BCUT2D eigenvalue weighted by Gasteiger charge is -2.33. The average molecular weight is 378 g/mol. The summed E-state index contributed by atoms with van der Waals surface area (Å²) in [5.74, 6) is -0.122. The Morgan fingerprint density at radius 2 is 1.89 bits per heavy atom. The molecule has 0 spiro atoms. The molecule has 1 fully saturated rings. The minimum atomic E-state index is -0.450. The maximum atomic E-state index is 12.3. The van der Waals surface area contributed by atoms with Crippen LogP contribution >= 0.6 is 0 Å². The van der Waals surface area contributed by atoms with Crippen molar-refractivity contribution >= 4 is 28.7 Å². The van der Waals surface area contributed by atoms with Gasteiger partial charge in [0.2, 0.25) is 5.90 Å². The fourth-order valence-electron chi connectivity index (χ4n) is 3.42. The summed E-state index contributed by atoms with van der Waals surface area (Å²) in [5, 5.41) is 4.87. The molecule has 2 heterocycles. The number of piperazine rings is 1. The first-order chi connectivity index (χ1) is 13.7. The number of cyclic esters (lactones) is 1. The molecule has 2 aromatic carbocycles. The summed E-state index contributed by atoms with van der Waals surface area (Å²) in [5.41, 5.74) is 1.09. The van der Waals surface area contributed by atoms with Crippen LogP contribution in [-0.4, -0.2) is 60.4 Å². The van der Waals surface area contributed by atoms with E-state index < -0.39 is 5.97 Å². The normalized spacial score (nSPS) is 18.4. The van der Waals surface area contributed by atoms with Crippen LogP contribution in [0.2, 0.25) is 0 Å². The average Bonchev–Trinajstić information content (AvgIpc) is 3.08. The van der Waals surface area contributed by atoms with Gasteiger partial charge in [-0.15, -0.1) is 0 Å². The molecule has 2 amide bonds. The number of rotatable bonds is 3. The number of fused-ring (bicyclic) bond motifs is 1. The van der Waals surface area contributed by atoms with Crippen molar-refractivity contribution in [2.75, 3.05) is 32.7 Å². The fourth-order valence-corrected chi connectivity index (χ4v) is 3.42. The molecular weight excluding hydrogens is 356 g/mol. The Bertz CT molecular complexity index is 969. The summed E-state index contributed by atoms with van der Waals surface area (Å²) in [7, 11) is 0. The fraction of sp³-hybridized carbons (Fsp3) is 0.286. The minimum Gasteiger partial charge on any atom is -0.402 e. The van der Waals surface area contributed by atoms with Crippen molar-refractivity contribution in [3.05, 3.63) is 59.9 Å². The van der Waals surface area contributed by atoms with E-state index in [1.165, 1.54) is 0 Å². The zero-order valence-corrected chi connectivity index (χ0v) is 15.7. The second-order valence-corrected chi connectivity index (χ2v) is 6.71. The van der Waals surface area contributed by atoms with E-state index in [-0.39, 0.29) is 11.7 Å². The van der Waals surface area contributed by atoms with Crippen molar-refractivity contribution in [3.63, 3.8) is 0 Å². The van der Waals surface area contributed by atoms with Gasteiger partial charge in [0.1, 0.15) is 0 Å². The van der Waals surface area contributed by atoms with E-state index >= 15 is 0 Å². The van der Waals surface area contributed by atoms with Crippen molar-refractivity contribution in [3.8, 4) is 0 Å². The number of aliphatic imine (C=N–C) groups is 1. The third-order valence-corrected chi connectivity index (χ3v) is 4.87. The standard InChI is InChI=1S/C21H22N4O3/c1-2-22-21(27)25-12-10-24(11-13-25)14-18-20(26)28-19(23-18)17-9-5-7-15-6-3-4-8-16(15)17/h3-9,14H,2,10-13H2,1H3,(H,22,27). The van der Waals surface area contributed by atoms with Crippen molar-refractivity contribution in [1.82, 2.24) is 15.1 Å². The molecule has 0 saturated carbocycles. The molecule has 0 aromatic heterocycles. The predicted molar refractivity (Wildman–Crippen MR) is 107 cm³/mol. The molecule has 0 radical (unpaired) electrons. The Hall–Kier alpha value is -3.35. The number of nitrogens with zero attached hydrogens (tertiary/aromatic N) is 3. The van der Waals surface area contributed by atoms with Crippen LogP contribution < -0.4 is 5.32 Å². The zero-order chi connectivity index (χ0) is 19.5. The summed E-state index contributed by atoms with van der Waals surface area (Å²) >= 11 is 0. The number of benzene rings is 2. The van der Waals surface area contributed by atoms with Crippen molar-refractivity contribution in [2.24, 2.45) is 4.99 Å². The molecule has 0 bridgehead atoms. The maximum absolute atomic E-state index is 12.3. The van der Waals surface area contributed by atoms with E-state index in [2.05, 4.69) is 10.3 Å².